The highest BCUT2D eigenvalue weighted by Crippen LogP contribution is 2.64. The lowest BCUT2D eigenvalue weighted by atomic mass is 9.54. The Morgan fingerprint density at radius 1 is 1.13 bits per heavy atom. The number of likely N-dealkylation sites (N-methyl/N-ethyl adjacent to an activating group) is 1. The van der Waals surface area contributed by atoms with E-state index >= 15 is 0 Å². The molecule has 3 N–H and O–H groups in total. The molecule has 0 amide bonds. The SMILES string of the molecule is CC[C@@H]1C=[N+]2CCc3c([nH]c4ccccc34)[C@@](C(=O)O)(c3cc4c(cc3OC)N(C)C3C(O)(C(=O)OC)C(OC(C)=O)C5C=CCN6CCC43C56)C[C@H](C1)C2. The summed E-state index contributed by atoms with van der Waals surface area (Å²) in [6, 6.07) is 10.8. The van der Waals surface area contributed by atoms with Crippen LogP contribution in [0, 0.1) is 17.8 Å². The summed E-state index contributed by atoms with van der Waals surface area (Å²) in [6.45, 7) is 6.37. The first-order valence-electron chi connectivity index (χ1n) is 19.7. The fraction of sp³-hybridized carbons (Fsp3) is 0.535. The van der Waals surface area contributed by atoms with E-state index in [4.69, 9.17) is 14.2 Å². The Balaban J connectivity index is 1.33. The number of hydrogen-bond donors (Lipinski definition) is 3. The molecule has 2 fully saturated rings. The van der Waals surface area contributed by atoms with E-state index in [1.165, 1.54) is 14.0 Å². The summed E-state index contributed by atoms with van der Waals surface area (Å²) in [5.41, 5.74) is 0.0483. The maximum Gasteiger partial charge on any atom is 0.344 e. The lowest BCUT2D eigenvalue weighted by Gasteiger charge is -2.58. The van der Waals surface area contributed by atoms with E-state index in [2.05, 4.69) is 33.7 Å². The van der Waals surface area contributed by atoms with Crippen molar-refractivity contribution in [1.29, 1.82) is 0 Å². The molecule has 12 heteroatoms. The summed E-state index contributed by atoms with van der Waals surface area (Å²) in [7, 11) is 4.66. The zero-order valence-corrected chi connectivity index (χ0v) is 32.2. The zero-order chi connectivity index (χ0) is 38.6. The number of methoxy groups -OCH3 is 2. The number of carbonyl (C=O) groups is 3. The molecule has 1 saturated carbocycles. The van der Waals surface area contributed by atoms with Crippen molar-refractivity contribution < 1.29 is 43.4 Å². The molecule has 1 spiro atoms. The maximum atomic E-state index is 14.6. The van der Waals surface area contributed by atoms with Crippen molar-refractivity contribution in [3.05, 3.63) is 70.9 Å². The molecule has 12 nitrogen and oxygen atoms in total. The molecule has 6 aliphatic rings. The molecule has 9 rings (SSSR count). The number of para-hydroxylation sites is 1. The number of H-pyrrole nitrogens is 1. The van der Waals surface area contributed by atoms with Gasteiger partial charge >= 0.3 is 17.9 Å². The summed E-state index contributed by atoms with van der Waals surface area (Å²) in [6.07, 6.45) is 8.59. The van der Waals surface area contributed by atoms with E-state index in [1.807, 2.05) is 54.4 Å². The third-order valence-corrected chi connectivity index (χ3v) is 14.3. The molecule has 2 aromatic carbocycles. The summed E-state index contributed by atoms with van der Waals surface area (Å²) in [5, 5.41) is 25.9. The molecule has 1 saturated heterocycles. The number of aliphatic hydroxyl groups is 1. The largest absolute Gasteiger partial charge is 0.496 e. The number of anilines is 1. The lowest BCUT2D eigenvalue weighted by Crippen LogP contribution is -2.78. The van der Waals surface area contributed by atoms with Crippen LogP contribution in [0.3, 0.4) is 0 Å². The van der Waals surface area contributed by atoms with Gasteiger partial charge in [-0.1, -0.05) is 37.3 Å². The average Bonchev–Trinajstić information content (AvgIpc) is 3.84. The van der Waals surface area contributed by atoms with Gasteiger partial charge in [0, 0.05) is 90.1 Å². The molecular weight excluding hydrogens is 700 g/mol. The number of carboxylic acids is 1. The number of carbonyl (C=O) groups excluding carboxylic acids is 2. The third-order valence-electron chi connectivity index (χ3n) is 14.3. The molecular formula is C43H51N4O8+. The standard InChI is InChI=1S/C43H50N4O8/c1-6-25-18-26-21-42(39(49)50,35-28(13-16-46(22-25)23-26)27-10-7-8-12-32(27)44-35)31-19-30-33(20-34(31)53-4)45(3)38-41(30)14-17-47-15-9-11-29(36(41)47)37(55-24(2)48)43(38,52)40(51)54-5/h7-12,19-20,22,25-26,29,36-38,44,52H,6,13-18,21,23H2,1-5H3/p+1/t25-,26-,29?,36?,37?,38?,41?,42-,43?/m0/s1. The number of esters is 2. The number of nitrogens with one attached hydrogen (secondary N) is 1. The van der Waals surface area contributed by atoms with Gasteiger partial charge in [-0.05, 0) is 55.5 Å². The third kappa shape index (κ3) is 4.76. The number of ether oxygens (including phenoxy) is 3. The van der Waals surface area contributed by atoms with E-state index < -0.39 is 52.4 Å². The number of aliphatic carboxylic acids is 1. The first kappa shape index (κ1) is 36.0. The maximum absolute atomic E-state index is 14.6. The second-order valence-corrected chi connectivity index (χ2v) is 16.8. The Morgan fingerprint density at radius 3 is 2.65 bits per heavy atom. The number of benzene rings is 2. The van der Waals surface area contributed by atoms with Crippen LogP contribution in [0.15, 0.2) is 48.6 Å². The van der Waals surface area contributed by atoms with Gasteiger partial charge in [0.2, 0.25) is 5.60 Å². The van der Waals surface area contributed by atoms with Gasteiger partial charge in [0.25, 0.3) is 0 Å². The van der Waals surface area contributed by atoms with Crippen LogP contribution in [-0.4, -0.2) is 120 Å². The van der Waals surface area contributed by atoms with Crippen molar-refractivity contribution in [2.45, 2.75) is 80.6 Å². The summed E-state index contributed by atoms with van der Waals surface area (Å²) in [5.74, 6) is -2.13. The minimum absolute atomic E-state index is 0.0772. The van der Waals surface area contributed by atoms with Crippen molar-refractivity contribution in [1.82, 2.24) is 9.88 Å². The number of hydrogen-bond acceptors (Lipinski definition) is 9. The molecule has 1 aliphatic carbocycles. The Labute approximate surface area is 320 Å². The van der Waals surface area contributed by atoms with Crippen molar-refractivity contribution in [3.8, 4) is 5.75 Å². The second-order valence-electron chi connectivity index (χ2n) is 16.8. The highest BCUT2D eigenvalue weighted by atomic mass is 16.6. The Kier molecular flexibility index (Phi) is 8.29. The van der Waals surface area contributed by atoms with E-state index in [1.54, 1.807) is 7.11 Å². The predicted octanol–water partition coefficient (Wildman–Crippen LogP) is 3.79. The summed E-state index contributed by atoms with van der Waals surface area (Å²) in [4.78, 5) is 49.3. The zero-order valence-electron chi connectivity index (χ0n) is 32.2. The minimum Gasteiger partial charge on any atom is -0.496 e. The fourth-order valence-electron chi connectivity index (χ4n) is 12.3. The van der Waals surface area contributed by atoms with Gasteiger partial charge < -0.3 is 34.3 Å². The van der Waals surface area contributed by atoms with Gasteiger partial charge in [-0.25, -0.2) is 9.37 Å². The summed E-state index contributed by atoms with van der Waals surface area (Å²) < 4.78 is 20.0. The molecule has 6 unspecified atom stereocenters. The minimum atomic E-state index is -2.26. The van der Waals surface area contributed by atoms with Gasteiger partial charge in [-0.15, -0.1) is 0 Å². The lowest BCUT2D eigenvalue weighted by molar-refractivity contribution is -0.537. The van der Waals surface area contributed by atoms with Crippen LogP contribution in [0.25, 0.3) is 10.9 Å². The normalized spacial score (nSPS) is 34.7. The molecule has 2 bridgehead atoms. The van der Waals surface area contributed by atoms with Gasteiger partial charge in [0.1, 0.15) is 30.5 Å². The number of rotatable bonds is 6. The Morgan fingerprint density at radius 2 is 1.93 bits per heavy atom. The molecule has 9 atom stereocenters. The van der Waals surface area contributed by atoms with Crippen LogP contribution in [0.5, 0.6) is 5.75 Å². The molecule has 290 valence electrons. The van der Waals surface area contributed by atoms with E-state index in [0.29, 0.717) is 55.3 Å². The first-order valence-corrected chi connectivity index (χ1v) is 19.7. The molecule has 5 aliphatic heterocycles. The van der Waals surface area contributed by atoms with Crippen LogP contribution in [0.2, 0.25) is 0 Å². The van der Waals surface area contributed by atoms with Crippen LogP contribution < -0.4 is 9.64 Å². The first-order chi connectivity index (χ1) is 26.4. The quantitative estimate of drug-likeness (QED) is 0.193. The van der Waals surface area contributed by atoms with Crippen molar-refractivity contribution >= 4 is 40.7 Å². The average molecular weight is 752 g/mol. The topological polar surface area (TPSA) is 145 Å². The predicted molar refractivity (Wildman–Crippen MR) is 205 cm³/mol. The van der Waals surface area contributed by atoms with Gasteiger partial charge in [0.15, 0.2) is 6.10 Å². The Bertz CT molecular complexity index is 2180. The molecule has 1 aromatic heterocycles. The van der Waals surface area contributed by atoms with Crippen molar-refractivity contribution in [2.24, 2.45) is 17.8 Å². The van der Waals surface area contributed by atoms with Crippen LogP contribution in [-0.2, 0) is 41.1 Å². The highest BCUT2D eigenvalue weighted by molar-refractivity contribution is 5.94. The number of fused-ring (bicyclic) bond motifs is 6. The van der Waals surface area contributed by atoms with Gasteiger partial charge in [-0.2, -0.15) is 0 Å². The van der Waals surface area contributed by atoms with E-state index in [-0.39, 0.29) is 12.0 Å². The smallest absolute Gasteiger partial charge is 0.344 e. The van der Waals surface area contributed by atoms with Crippen LogP contribution in [0.4, 0.5) is 5.69 Å². The Hall–Kier alpha value is -4.68. The van der Waals surface area contributed by atoms with Crippen LogP contribution in [0.1, 0.15) is 61.9 Å². The molecule has 6 heterocycles. The molecule has 55 heavy (non-hydrogen) atoms. The van der Waals surface area contributed by atoms with Gasteiger partial charge in [-0.3, -0.25) is 14.5 Å². The molecule has 3 aromatic rings. The number of aromatic nitrogens is 1. The van der Waals surface area contributed by atoms with E-state index in [9.17, 15) is 24.6 Å². The monoisotopic (exact) mass is 751 g/mol. The van der Waals surface area contributed by atoms with Crippen molar-refractivity contribution in [3.63, 3.8) is 0 Å². The highest BCUT2D eigenvalue weighted by Gasteiger charge is 2.76. The second kappa shape index (κ2) is 12.7. The number of carboxylic acid groups (broad SMARTS) is 1. The van der Waals surface area contributed by atoms with E-state index in [0.717, 1.165) is 53.6 Å². The molecule has 0 radical (unpaired) electrons. The van der Waals surface area contributed by atoms with Crippen LogP contribution >= 0.6 is 0 Å². The summed E-state index contributed by atoms with van der Waals surface area (Å²) >= 11 is 0. The van der Waals surface area contributed by atoms with Crippen molar-refractivity contribution in [2.75, 3.05) is 52.3 Å². The number of aromatic amines is 1. The number of nitrogens with zero attached hydrogens (tertiary/aromatic N) is 3. The fourth-order valence-corrected chi connectivity index (χ4v) is 12.3. The van der Waals surface area contributed by atoms with Gasteiger partial charge in [0.05, 0.1) is 20.3 Å².